The zero-order valence-corrected chi connectivity index (χ0v) is 12.3. The number of ether oxygens (including phenoxy) is 2. The van der Waals surface area contributed by atoms with Gasteiger partial charge in [-0.15, -0.1) is 0 Å². The number of benzene rings is 1. The van der Waals surface area contributed by atoms with Crippen molar-refractivity contribution in [1.29, 1.82) is 0 Å². The van der Waals surface area contributed by atoms with Crippen molar-refractivity contribution in [2.75, 3.05) is 32.8 Å². The Morgan fingerprint density at radius 1 is 1.29 bits per heavy atom. The number of rotatable bonds is 2. The lowest BCUT2D eigenvalue weighted by molar-refractivity contribution is -0.158. The zero-order valence-electron chi connectivity index (χ0n) is 12.3. The number of amides is 1. The highest BCUT2D eigenvalue weighted by Gasteiger charge is 2.36. The third kappa shape index (κ3) is 3.26. The Balaban J connectivity index is 1.79. The zero-order chi connectivity index (χ0) is 14.7. The van der Waals surface area contributed by atoms with Gasteiger partial charge in [0, 0.05) is 19.6 Å². The van der Waals surface area contributed by atoms with Crippen molar-refractivity contribution >= 4 is 5.91 Å². The number of carbonyl (C=O) groups excluding carboxylic acids is 1. The monoisotopic (exact) mass is 290 g/mol. The maximum Gasteiger partial charge on any atom is 0.253 e. The lowest BCUT2D eigenvalue weighted by Gasteiger charge is -2.41. The molecule has 3 atom stereocenters. The first-order chi connectivity index (χ1) is 10.3. The Labute approximate surface area is 125 Å². The average Bonchev–Trinajstić information content (AvgIpc) is 2.56. The summed E-state index contributed by atoms with van der Waals surface area (Å²) < 4.78 is 11.4. The van der Waals surface area contributed by atoms with E-state index in [0.717, 1.165) is 12.1 Å². The topological polar surface area (TPSA) is 50.8 Å². The van der Waals surface area contributed by atoms with E-state index < -0.39 is 0 Å². The summed E-state index contributed by atoms with van der Waals surface area (Å²) in [7, 11) is 0. The van der Waals surface area contributed by atoms with Crippen LogP contribution in [0, 0.1) is 0 Å². The lowest BCUT2D eigenvalue weighted by atomic mass is 10.0. The molecule has 0 radical (unpaired) electrons. The van der Waals surface area contributed by atoms with Crippen molar-refractivity contribution in [3.05, 3.63) is 35.9 Å². The highest BCUT2D eigenvalue weighted by Crippen LogP contribution is 2.27. The SMILES string of the molecule is CC1CN(C(=O)C2CNCCO2)C(c2ccccc2)CO1. The minimum atomic E-state index is -0.379. The molecular formula is C16H22N2O3. The molecule has 1 amide bonds. The molecule has 1 N–H and O–H groups in total. The van der Waals surface area contributed by atoms with Gasteiger partial charge in [-0.3, -0.25) is 4.79 Å². The van der Waals surface area contributed by atoms with Crippen LogP contribution >= 0.6 is 0 Å². The quantitative estimate of drug-likeness (QED) is 0.881. The van der Waals surface area contributed by atoms with Crippen LogP contribution in [0.4, 0.5) is 0 Å². The van der Waals surface area contributed by atoms with Crippen LogP contribution in [0.2, 0.25) is 0 Å². The summed E-state index contributed by atoms with van der Waals surface area (Å²) in [6.45, 7) is 5.14. The van der Waals surface area contributed by atoms with Crippen molar-refractivity contribution in [2.24, 2.45) is 0 Å². The molecular weight excluding hydrogens is 268 g/mol. The van der Waals surface area contributed by atoms with Gasteiger partial charge in [-0.2, -0.15) is 0 Å². The van der Waals surface area contributed by atoms with E-state index in [0.29, 0.717) is 26.3 Å². The van der Waals surface area contributed by atoms with E-state index >= 15 is 0 Å². The summed E-state index contributed by atoms with van der Waals surface area (Å²) in [5.41, 5.74) is 1.11. The van der Waals surface area contributed by atoms with Crippen LogP contribution in [0.25, 0.3) is 0 Å². The Hall–Kier alpha value is -1.43. The van der Waals surface area contributed by atoms with E-state index in [1.807, 2.05) is 42.2 Å². The van der Waals surface area contributed by atoms with Crippen molar-refractivity contribution < 1.29 is 14.3 Å². The second-order valence-electron chi connectivity index (χ2n) is 5.62. The van der Waals surface area contributed by atoms with Gasteiger partial charge in [0.1, 0.15) is 6.10 Å². The van der Waals surface area contributed by atoms with E-state index in [2.05, 4.69) is 5.32 Å². The molecule has 0 bridgehead atoms. The molecule has 1 aromatic rings. The summed E-state index contributed by atoms with van der Waals surface area (Å²) in [5, 5.41) is 3.22. The average molecular weight is 290 g/mol. The molecule has 2 fully saturated rings. The van der Waals surface area contributed by atoms with Gasteiger partial charge in [-0.1, -0.05) is 30.3 Å². The van der Waals surface area contributed by atoms with Crippen molar-refractivity contribution in [3.63, 3.8) is 0 Å². The highest BCUT2D eigenvalue weighted by atomic mass is 16.5. The molecule has 0 saturated carbocycles. The molecule has 2 aliphatic rings. The van der Waals surface area contributed by atoms with E-state index in [4.69, 9.17) is 9.47 Å². The van der Waals surface area contributed by atoms with Crippen LogP contribution in [0.15, 0.2) is 30.3 Å². The summed E-state index contributed by atoms with van der Waals surface area (Å²) in [4.78, 5) is 14.7. The first-order valence-corrected chi connectivity index (χ1v) is 7.55. The molecule has 21 heavy (non-hydrogen) atoms. The van der Waals surface area contributed by atoms with Gasteiger partial charge in [0.25, 0.3) is 5.91 Å². The minimum Gasteiger partial charge on any atom is -0.374 e. The third-order valence-corrected chi connectivity index (χ3v) is 4.04. The van der Waals surface area contributed by atoms with Crippen LogP contribution in [-0.4, -0.2) is 55.9 Å². The van der Waals surface area contributed by atoms with Crippen molar-refractivity contribution in [3.8, 4) is 0 Å². The molecule has 5 heteroatoms. The number of nitrogens with one attached hydrogen (secondary N) is 1. The first kappa shape index (κ1) is 14.5. The molecule has 5 nitrogen and oxygen atoms in total. The predicted molar refractivity (Wildman–Crippen MR) is 78.9 cm³/mol. The number of carbonyl (C=O) groups is 1. The number of morpholine rings is 2. The molecule has 2 saturated heterocycles. The lowest BCUT2D eigenvalue weighted by Crippen LogP contribution is -2.54. The molecule has 0 spiro atoms. The second kappa shape index (κ2) is 6.56. The van der Waals surface area contributed by atoms with Crippen LogP contribution in [-0.2, 0) is 14.3 Å². The van der Waals surface area contributed by atoms with Gasteiger partial charge in [0.15, 0.2) is 0 Å². The van der Waals surface area contributed by atoms with Crippen LogP contribution in [0.3, 0.4) is 0 Å². The molecule has 2 heterocycles. The Morgan fingerprint density at radius 3 is 2.81 bits per heavy atom. The van der Waals surface area contributed by atoms with Gasteiger partial charge in [-0.05, 0) is 12.5 Å². The van der Waals surface area contributed by atoms with Crippen LogP contribution in [0.1, 0.15) is 18.5 Å². The first-order valence-electron chi connectivity index (χ1n) is 7.55. The van der Waals surface area contributed by atoms with Crippen molar-refractivity contribution in [1.82, 2.24) is 10.2 Å². The van der Waals surface area contributed by atoms with E-state index in [-0.39, 0.29) is 24.2 Å². The number of hydrogen-bond acceptors (Lipinski definition) is 4. The normalized spacial score (nSPS) is 30.1. The fraction of sp³-hybridized carbons (Fsp3) is 0.562. The molecule has 0 aliphatic carbocycles. The standard InChI is InChI=1S/C16H22N2O3/c1-12-10-18(16(19)15-9-17-7-8-20-15)14(11-21-12)13-5-3-2-4-6-13/h2-6,12,14-15,17H,7-11H2,1H3. The molecule has 114 valence electrons. The Bertz CT molecular complexity index is 474. The molecule has 0 aromatic heterocycles. The van der Waals surface area contributed by atoms with E-state index in [1.54, 1.807) is 0 Å². The summed E-state index contributed by atoms with van der Waals surface area (Å²) in [5.74, 6) is 0.0613. The van der Waals surface area contributed by atoms with Gasteiger partial charge < -0.3 is 19.7 Å². The molecule has 2 aliphatic heterocycles. The van der Waals surface area contributed by atoms with E-state index in [1.165, 1.54) is 0 Å². The molecule has 3 rings (SSSR count). The smallest absolute Gasteiger partial charge is 0.253 e. The Morgan fingerprint density at radius 2 is 2.10 bits per heavy atom. The van der Waals surface area contributed by atoms with Gasteiger partial charge in [0.2, 0.25) is 0 Å². The third-order valence-electron chi connectivity index (χ3n) is 4.04. The maximum atomic E-state index is 12.8. The largest absolute Gasteiger partial charge is 0.374 e. The summed E-state index contributed by atoms with van der Waals surface area (Å²) >= 11 is 0. The number of hydrogen-bond donors (Lipinski definition) is 1. The molecule has 3 unspecified atom stereocenters. The second-order valence-corrected chi connectivity index (χ2v) is 5.62. The highest BCUT2D eigenvalue weighted by molar-refractivity contribution is 5.82. The Kier molecular flexibility index (Phi) is 4.53. The maximum absolute atomic E-state index is 12.8. The van der Waals surface area contributed by atoms with Crippen LogP contribution < -0.4 is 5.32 Å². The van der Waals surface area contributed by atoms with Crippen molar-refractivity contribution in [2.45, 2.75) is 25.2 Å². The summed E-state index contributed by atoms with van der Waals surface area (Å²) in [6.07, 6.45) is -0.319. The van der Waals surface area contributed by atoms with Crippen LogP contribution in [0.5, 0.6) is 0 Å². The summed E-state index contributed by atoms with van der Waals surface area (Å²) in [6, 6.07) is 10.0. The number of nitrogens with zero attached hydrogens (tertiary/aromatic N) is 1. The molecule has 1 aromatic carbocycles. The van der Waals surface area contributed by atoms with Gasteiger partial charge >= 0.3 is 0 Å². The van der Waals surface area contributed by atoms with Gasteiger partial charge in [-0.25, -0.2) is 0 Å². The fourth-order valence-electron chi connectivity index (χ4n) is 2.91. The predicted octanol–water partition coefficient (Wildman–Crippen LogP) is 0.963. The van der Waals surface area contributed by atoms with E-state index in [9.17, 15) is 4.79 Å². The fourth-order valence-corrected chi connectivity index (χ4v) is 2.91. The minimum absolute atomic E-state index is 0.0274. The van der Waals surface area contributed by atoms with Gasteiger partial charge in [0.05, 0.1) is 25.4 Å².